The average Bonchev–Trinajstić information content (AvgIpc) is 3.59. The molecule has 0 atom stereocenters. The van der Waals surface area contributed by atoms with Crippen LogP contribution in [-0.4, -0.2) is 54.5 Å². The third kappa shape index (κ3) is 10.8. The lowest BCUT2D eigenvalue weighted by atomic mass is 10.1. The Morgan fingerprint density at radius 3 is 2.16 bits per heavy atom. The van der Waals surface area contributed by atoms with Crippen LogP contribution in [0.5, 0.6) is 11.5 Å². The number of rotatable bonds is 13. The van der Waals surface area contributed by atoms with Crippen LogP contribution in [0.3, 0.4) is 0 Å². The molecule has 0 saturated heterocycles. The van der Waals surface area contributed by atoms with E-state index in [1.54, 1.807) is 0 Å². The molecule has 2 aromatic heterocycles. The van der Waals surface area contributed by atoms with Crippen LogP contribution in [0.25, 0.3) is 0 Å². The summed E-state index contributed by atoms with van der Waals surface area (Å²) in [5.41, 5.74) is -0.0125. The van der Waals surface area contributed by atoms with Crippen LogP contribution in [0.1, 0.15) is 34.5 Å². The molecule has 2 amide bonds. The van der Waals surface area contributed by atoms with Gasteiger partial charge in [0.25, 0.3) is 5.91 Å². The maximum absolute atomic E-state index is 14.0. The van der Waals surface area contributed by atoms with Gasteiger partial charge in [0, 0.05) is 25.2 Å². The fourth-order valence-corrected chi connectivity index (χ4v) is 3.90. The number of benzene rings is 2. The van der Waals surface area contributed by atoms with Crippen molar-refractivity contribution in [2.24, 2.45) is 0 Å². The van der Waals surface area contributed by atoms with Gasteiger partial charge in [0.1, 0.15) is 17.3 Å². The van der Waals surface area contributed by atoms with E-state index in [0.29, 0.717) is 31.5 Å². The summed E-state index contributed by atoms with van der Waals surface area (Å²) < 4.78 is 98.9. The van der Waals surface area contributed by atoms with E-state index in [4.69, 9.17) is 0 Å². The van der Waals surface area contributed by atoms with Gasteiger partial charge in [-0.3, -0.25) is 19.0 Å². The Kier molecular flexibility index (Phi) is 10.2. The Hall–Kier alpha value is -5.23. The summed E-state index contributed by atoms with van der Waals surface area (Å²) in [6, 6.07) is 7.47. The van der Waals surface area contributed by atoms with Crippen molar-refractivity contribution in [2.75, 3.05) is 5.32 Å². The normalized spacial score (nSPS) is 11.7. The Morgan fingerprint density at radius 1 is 0.822 bits per heavy atom. The van der Waals surface area contributed by atoms with Crippen LogP contribution in [0.2, 0.25) is 0 Å². The summed E-state index contributed by atoms with van der Waals surface area (Å²) in [5.74, 6) is -3.00. The number of ether oxygens (including phenoxy) is 2. The molecule has 2 N–H and O–H groups in total. The lowest BCUT2D eigenvalue weighted by Crippen LogP contribution is -2.24. The van der Waals surface area contributed by atoms with Crippen molar-refractivity contribution in [1.82, 2.24) is 35.3 Å². The molecule has 4 rings (SSSR count). The van der Waals surface area contributed by atoms with E-state index in [-0.39, 0.29) is 23.5 Å². The summed E-state index contributed by atoms with van der Waals surface area (Å²) in [7, 11) is 0. The van der Waals surface area contributed by atoms with Crippen LogP contribution in [0.4, 0.5) is 36.6 Å². The first-order valence-corrected chi connectivity index (χ1v) is 13.0. The van der Waals surface area contributed by atoms with Crippen LogP contribution < -0.4 is 20.1 Å². The Bertz CT molecular complexity index is 1620. The number of nitrogens with one attached hydrogen (secondary N) is 2. The van der Waals surface area contributed by atoms with Crippen molar-refractivity contribution >= 4 is 17.6 Å². The highest BCUT2D eigenvalue weighted by molar-refractivity contribution is 5.92. The molecule has 0 aliphatic carbocycles. The third-order valence-electron chi connectivity index (χ3n) is 5.79. The van der Waals surface area contributed by atoms with Crippen molar-refractivity contribution in [3.8, 4) is 11.5 Å². The summed E-state index contributed by atoms with van der Waals surface area (Å²) in [6.45, 7) is 0.350. The molecule has 0 saturated carbocycles. The van der Waals surface area contributed by atoms with Gasteiger partial charge in [-0.15, -0.1) is 36.5 Å². The van der Waals surface area contributed by atoms with Gasteiger partial charge in [-0.25, -0.2) is 4.39 Å². The zero-order valence-corrected chi connectivity index (χ0v) is 22.9. The monoisotopic (exact) mass is 644 g/mol. The van der Waals surface area contributed by atoms with Crippen LogP contribution in [0.15, 0.2) is 54.9 Å². The van der Waals surface area contributed by atoms with E-state index >= 15 is 0 Å². The molecule has 2 aromatic carbocycles. The first kappa shape index (κ1) is 32.7. The zero-order chi connectivity index (χ0) is 32.6. The number of aryl methyl sites for hydroxylation is 2. The topological polar surface area (TPSA) is 138 Å². The van der Waals surface area contributed by atoms with Crippen LogP contribution >= 0.6 is 0 Å². The molecule has 0 aliphatic heterocycles. The standard InChI is InChI=1S/C26H23F7N8O4/c27-20-7-6-19(45-26(31,32)33)12-17(20)13-34-24(43)21-14-40(38-36-21)8-1-2-9-41-15-22(37-39-41)35-23(42)11-16-4-3-5-18(10-16)44-25(28,29)30/h3-7,10,12,14-15H,1-2,8-9,11,13H2,(H,34,43)(H,35,42). The predicted molar refractivity (Wildman–Crippen MR) is 139 cm³/mol. The van der Waals surface area contributed by atoms with Gasteiger partial charge in [0.05, 0.1) is 18.8 Å². The molecule has 19 heteroatoms. The molecule has 0 spiro atoms. The molecule has 0 radical (unpaired) electrons. The maximum Gasteiger partial charge on any atom is 0.573 e. The molecule has 4 aromatic rings. The maximum atomic E-state index is 14.0. The first-order chi connectivity index (χ1) is 21.2. The van der Waals surface area contributed by atoms with Gasteiger partial charge in [-0.2, -0.15) is 0 Å². The van der Waals surface area contributed by atoms with E-state index in [1.807, 2.05) is 0 Å². The molecule has 0 fully saturated rings. The van der Waals surface area contributed by atoms with E-state index < -0.39 is 48.4 Å². The number of nitrogens with zero attached hydrogens (tertiary/aromatic N) is 6. The number of anilines is 1. The van der Waals surface area contributed by atoms with Crippen LogP contribution in [0, 0.1) is 5.82 Å². The lowest BCUT2D eigenvalue weighted by Gasteiger charge is -2.11. The highest BCUT2D eigenvalue weighted by Crippen LogP contribution is 2.25. The molecule has 240 valence electrons. The Labute approximate surface area is 249 Å². The van der Waals surface area contributed by atoms with Crippen molar-refractivity contribution in [3.63, 3.8) is 0 Å². The fraction of sp³-hybridized carbons (Fsp3) is 0.308. The van der Waals surface area contributed by atoms with E-state index in [2.05, 4.69) is 40.7 Å². The number of unbranched alkanes of at least 4 members (excludes halogenated alkanes) is 1. The van der Waals surface area contributed by atoms with E-state index in [9.17, 15) is 40.3 Å². The second kappa shape index (κ2) is 14.0. The van der Waals surface area contributed by atoms with E-state index in [1.165, 1.54) is 33.9 Å². The van der Waals surface area contributed by atoms with Gasteiger partial charge >= 0.3 is 12.7 Å². The number of aromatic nitrogens is 6. The SMILES string of the molecule is O=C(Cc1cccc(OC(F)(F)F)c1)Nc1cn(CCCCn2cc(C(=O)NCc3cc(OC(F)(F)F)ccc3F)nn2)nn1. The van der Waals surface area contributed by atoms with Crippen molar-refractivity contribution in [2.45, 2.75) is 51.6 Å². The van der Waals surface area contributed by atoms with Gasteiger partial charge in [-0.05, 0) is 48.7 Å². The van der Waals surface area contributed by atoms with Crippen molar-refractivity contribution in [3.05, 3.63) is 77.5 Å². The third-order valence-corrected chi connectivity index (χ3v) is 5.79. The van der Waals surface area contributed by atoms with Crippen molar-refractivity contribution < 1.29 is 49.8 Å². The van der Waals surface area contributed by atoms with E-state index in [0.717, 1.165) is 30.3 Å². The molecule has 0 bridgehead atoms. The molecule has 0 unspecified atom stereocenters. The number of carbonyl (C=O) groups excluding carboxylic acids is 2. The van der Waals surface area contributed by atoms with Crippen LogP contribution in [-0.2, 0) is 30.8 Å². The number of halogens is 7. The highest BCUT2D eigenvalue weighted by Gasteiger charge is 2.32. The minimum atomic E-state index is -4.95. The van der Waals surface area contributed by atoms with Gasteiger partial charge in [0.2, 0.25) is 5.91 Å². The lowest BCUT2D eigenvalue weighted by molar-refractivity contribution is -0.275. The Morgan fingerprint density at radius 2 is 1.47 bits per heavy atom. The predicted octanol–water partition coefficient (Wildman–Crippen LogP) is 4.40. The summed E-state index contributed by atoms with van der Waals surface area (Å²) in [4.78, 5) is 24.6. The molecular weight excluding hydrogens is 621 g/mol. The summed E-state index contributed by atoms with van der Waals surface area (Å²) >= 11 is 0. The van der Waals surface area contributed by atoms with Crippen molar-refractivity contribution in [1.29, 1.82) is 0 Å². The van der Waals surface area contributed by atoms with Gasteiger partial charge in [0.15, 0.2) is 11.5 Å². The Balaban J connectivity index is 1.18. The number of hydrogen-bond donors (Lipinski definition) is 2. The molecule has 45 heavy (non-hydrogen) atoms. The minimum absolute atomic E-state index is 0.0885. The smallest absolute Gasteiger partial charge is 0.406 e. The quantitative estimate of drug-likeness (QED) is 0.162. The summed E-state index contributed by atoms with van der Waals surface area (Å²) in [5, 5.41) is 20.2. The largest absolute Gasteiger partial charge is 0.573 e. The number of alkyl halides is 6. The second-order valence-electron chi connectivity index (χ2n) is 9.34. The highest BCUT2D eigenvalue weighted by atomic mass is 19.4. The first-order valence-electron chi connectivity index (χ1n) is 13.0. The number of hydrogen-bond acceptors (Lipinski definition) is 8. The van der Waals surface area contributed by atoms with Gasteiger partial charge < -0.3 is 20.1 Å². The van der Waals surface area contributed by atoms with Gasteiger partial charge in [-0.1, -0.05) is 22.6 Å². The molecule has 12 nitrogen and oxygen atoms in total. The molecular formula is C26H23F7N8O4. The fourth-order valence-electron chi connectivity index (χ4n) is 3.90. The minimum Gasteiger partial charge on any atom is -0.406 e. The number of carbonyl (C=O) groups is 2. The second-order valence-corrected chi connectivity index (χ2v) is 9.34. The summed E-state index contributed by atoms with van der Waals surface area (Å²) in [6.07, 6.45) is -6.04. The average molecular weight is 645 g/mol. The molecule has 0 aliphatic rings. The number of amides is 2. The molecule has 2 heterocycles. The zero-order valence-electron chi connectivity index (χ0n) is 22.9.